The summed E-state index contributed by atoms with van der Waals surface area (Å²) >= 11 is 8.92. The van der Waals surface area contributed by atoms with Crippen LogP contribution < -0.4 is 5.32 Å². The highest BCUT2D eigenvalue weighted by Crippen LogP contribution is 2.19. The SMILES string of the molecule is O=C(/C=C/c1cccc([N+](=O)[O-])c1)N1CCC=C(Br)C1=O.O=C(Br)/C=C/c1cccc([N+](=O)[O-])c1.O=C(O)/C=C/c1cccc([N+](=O)[O-])c1.O=C1NCCC=C1Br.O=Cc1cccc([N+](=O)[O-])c1. The molecule has 24 heteroatoms. The van der Waals surface area contributed by atoms with Gasteiger partial charge in [0.2, 0.25) is 4.69 Å². The number of hydrogen-bond donors (Lipinski definition) is 2. The lowest BCUT2D eigenvalue weighted by Gasteiger charge is -2.21. The Morgan fingerprint density at radius 2 is 1.00 bits per heavy atom. The number of nitrogens with zero attached hydrogens (tertiary/aromatic N) is 5. The molecule has 68 heavy (non-hydrogen) atoms. The van der Waals surface area contributed by atoms with E-state index in [1.807, 2.05) is 6.08 Å². The molecule has 0 aromatic heterocycles. The number of aliphatic carboxylic acids is 1. The Morgan fingerprint density at radius 3 is 1.37 bits per heavy atom. The molecule has 0 saturated carbocycles. The highest BCUT2D eigenvalue weighted by molar-refractivity contribution is 9.18. The molecule has 4 aromatic rings. The molecule has 2 heterocycles. The number of nitro benzene ring substituents is 4. The van der Waals surface area contributed by atoms with Crippen molar-refractivity contribution in [1.29, 1.82) is 0 Å². The third-order valence-electron chi connectivity index (χ3n) is 8.07. The number of rotatable bonds is 11. The number of imide groups is 1. The van der Waals surface area contributed by atoms with Gasteiger partial charge in [0.05, 0.1) is 28.7 Å². The average molecular weight is 1130 g/mol. The van der Waals surface area contributed by atoms with Gasteiger partial charge in [-0.2, -0.15) is 0 Å². The number of carbonyl (C=O) groups is 6. The highest BCUT2D eigenvalue weighted by Gasteiger charge is 2.24. The van der Waals surface area contributed by atoms with Gasteiger partial charge in [0.25, 0.3) is 40.5 Å². The maximum atomic E-state index is 12.0. The lowest BCUT2D eigenvalue weighted by atomic mass is 10.2. The van der Waals surface area contributed by atoms with Gasteiger partial charge in [-0.3, -0.25) is 69.3 Å². The minimum absolute atomic E-state index is 0.00347. The summed E-state index contributed by atoms with van der Waals surface area (Å²) in [5.41, 5.74) is 1.79. The maximum Gasteiger partial charge on any atom is 0.328 e. The summed E-state index contributed by atoms with van der Waals surface area (Å²) in [6.45, 7) is 1.10. The van der Waals surface area contributed by atoms with Gasteiger partial charge in [0, 0.05) is 79.3 Å². The Morgan fingerprint density at radius 1 is 0.603 bits per heavy atom. The van der Waals surface area contributed by atoms with Gasteiger partial charge < -0.3 is 10.4 Å². The molecule has 352 valence electrons. The Bertz CT molecular complexity index is 2640. The van der Waals surface area contributed by atoms with Gasteiger partial charge in [0.1, 0.15) is 6.29 Å². The maximum absolute atomic E-state index is 12.0. The number of aldehydes is 1. The van der Waals surface area contributed by atoms with Crippen LogP contribution in [0, 0.1) is 40.5 Å². The second-order valence-corrected chi connectivity index (χ2v) is 15.4. The second kappa shape index (κ2) is 29.5. The summed E-state index contributed by atoms with van der Waals surface area (Å²) in [7, 11) is 0. The first-order chi connectivity index (χ1) is 32.2. The van der Waals surface area contributed by atoms with Gasteiger partial charge in [-0.05, 0) is 95.5 Å². The molecule has 3 amide bonds. The number of non-ortho nitro benzene ring substituents is 4. The predicted molar refractivity (Wildman–Crippen MR) is 259 cm³/mol. The number of allylic oxidation sites excluding steroid dienone is 1. The normalized spacial score (nSPS) is 12.7. The lowest BCUT2D eigenvalue weighted by molar-refractivity contribution is -0.385. The van der Waals surface area contributed by atoms with E-state index < -0.39 is 31.6 Å². The van der Waals surface area contributed by atoms with E-state index in [9.17, 15) is 69.2 Å². The third kappa shape index (κ3) is 21.4. The standard InChI is InChI=1S/C14H11BrN2O4.C9H6BrNO3.C9H7NO4.C7H5NO3.C5H6BrNO/c15-12-5-2-8-16(14(12)19)13(18)7-6-10-3-1-4-11(9-10)17(20)21;10-9(12)5-4-7-2-1-3-8(6-7)11(13)14;11-9(12)5-4-7-2-1-3-8(6-7)10(13)14;9-5-6-2-1-3-7(4-6)8(10)11;6-4-2-1-3-7-5(4)8/h1,3-7,9H,2,8H2;1-6H;1-6H,(H,11,12);1-5H;2H,1,3H2,(H,7,8)/b7-6+;2*5-4+;;. The molecule has 0 fully saturated rings. The molecule has 6 rings (SSSR count). The van der Waals surface area contributed by atoms with Gasteiger partial charge in [0.15, 0.2) is 0 Å². The van der Waals surface area contributed by atoms with Crippen LogP contribution in [-0.2, 0) is 24.0 Å². The van der Waals surface area contributed by atoms with E-state index in [0.717, 1.165) is 23.9 Å². The summed E-state index contributed by atoms with van der Waals surface area (Å²) in [6, 6.07) is 23.2. The number of hydrogen-bond acceptors (Lipinski definition) is 14. The van der Waals surface area contributed by atoms with E-state index in [1.165, 1.54) is 103 Å². The minimum Gasteiger partial charge on any atom is -0.478 e. The van der Waals surface area contributed by atoms with E-state index >= 15 is 0 Å². The number of carboxylic acids is 1. The summed E-state index contributed by atoms with van der Waals surface area (Å²) < 4.78 is 0.749. The fourth-order valence-corrected chi connectivity index (χ4v) is 5.88. The largest absolute Gasteiger partial charge is 0.478 e. The molecule has 2 aliphatic heterocycles. The monoisotopic (exact) mass is 1120 g/mol. The van der Waals surface area contributed by atoms with E-state index in [4.69, 9.17) is 5.11 Å². The molecule has 0 radical (unpaired) electrons. The summed E-state index contributed by atoms with van der Waals surface area (Å²) in [4.78, 5) is 106. The molecule has 0 saturated heterocycles. The zero-order valence-corrected chi connectivity index (χ0v) is 39.6. The molecule has 0 spiro atoms. The van der Waals surface area contributed by atoms with E-state index in [1.54, 1.807) is 30.3 Å². The van der Waals surface area contributed by atoms with Crippen LogP contribution >= 0.6 is 47.8 Å². The number of benzene rings is 4. The summed E-state index contributed by atoms with van der Waals surface area (Å²) in [5.74, 6) is -1.92. The fourth-order valence-electron chi connectivity index (χ4n) is 4.93. The highest BCUT2D eigenvalue weighted by atomic mass is 79.9. The number of nitrogens with one attached hydrogen (secondary N) is 1. The van der Waals surface area contributed by atoms with Crippen molar-refractivity contribution in [2.24, 2.45) is 0 Å². The lowest BCUT2D eigenvalue weighted by Crippen LogP contribution is -2.38. The molecule has 2 N–H and O–H groups in total. The van der Waals surface area contributed by atoms with Crippen LogP contribution in [-0.4, -0.2) is 77.5 Å². The van der Waals surface area contributed by atoms with Crippen LogP contribution in [0.3, 0.4) is 0 Å². The number of halogens is 3. The fraction of sp³-hybridized carbons (Fsp3) is 0.0909. The Labute approximate surface area is 410 Å². The predicted octanol–water partition coefficient (Wildman–Crippen LogP) is 9.06. The summed E-state index contributed by atoms with van der Waals surface area (Å²) in [5, 5.41) is 52.6. The van der Waals surface area contributed by atoms with Crippen LogP contribution in [0.4, 0.5) is 22.7 Å². The first kappa shape index (κ1) is 56.2. The first-order valence-electron chi connectivity index (χ1n) is 19.0. The van der Waals surface area contributed by atoms with Crippen molar-refractivity contribution in [3.63, 3.8) is 0 Å². The average Bonchev–Trinajstić information content (AvgIpc) is 3.32. The molecule has 0 bridgehead atoms. The number of carboxylic acid groups (broad SMARTS) is 1. The van der Waals surface area contributed by atoms with Crippen molar-refractivity contribution in [3.05, 3.63) is 199 Å². The van der Waals surface area contributed by atoms with Crippen molar-refractivity contribution in [3.8, 4) is 0 Å². The van der Waals surface area contributed by atoms with Gasteiger partial charge >= 0.3 is 5.97 Å². The zero-order valence-electron chi connectivity index (χ0n) is 34.8. The van der Waals surface area contributed by atoms with E-state index in [0.29, 0.717) is 50.5 Å². The molecular formula is C44H35Br3N6O15. The van der Waals surface area contributed by atoms with Crippen LogP contribution in [0.1, 0.15) is 39.9 Å². The van der Waals surface area contributed by atoms with Crippen molar-refractivity contribution >= 4 is 123 Å². The van der Waals surface area contributed by atoms with Crippen LogP contribution in [0.5, 0.6) is 0 Å². The molecular weight excluding hydrogens is 1090 g/mol. The number of amides is 3. The number of carbonyl (C=O) groups excluding carboxylic acids is 5. The summed E-state index contributed by atoms with van der Waals surface area (Å²) in [6.07, 6.45) is 13.4. The van der Waals surface area contributed by atoms with E-state index in [2.05, 4.69) is 53.1 Å². The van der Waals surface area contributed by atoms with Crippen molar-refractivity contribution < 1.29 is 53.6 Å². The topological polar surface area (TPSA) is 310 Å². The Kier molecular flexibility index (Phi) is 24.4. The quantitative estimate of drug-likeness (QED) is 0.0465. The molecule has 0 unspecified atom stereocenters. The smallest absolute Gasteiger partial charge is 0.328 e. The van der Waals surface area contributed by atoms with Crippen LogP contribution in [0.25, 0.3) is 18.2 Å². The van der Waals surface area contributed by atoms with Gasteiger partial charge in [-0.15, -0.1) is 0 Å². The molecule has 4 aromatic carbocycles. The number of nitro groups is 4. The van der Waals surface area contributed by atoms with E-state index in [-0.39, 0.29) is 39.3 Å². The Hall–Kier alpha value is -7.96. The third-order valence-corrected chi connectivity index (χ3v) is 9.68. The van der Waals surface area contributed by atoms with Crippen molar-refractivity contribution in [2.75, 3.05) is 13.1 Å². The minimum atomic E-state index is -1.09. The van der Waals surface area contributed by atoms with Crippen LogP contribution in [0.15, 0.2) is 136 Å². The van der Waals surface area contributed by atoms with Gasteiger partial charge in [-0.25, -0.2) is 4.79 Å². The molecule has 21 nitrogen and oxygen atoms in total. The molecule has 0 aliphatic carbocycles. The Balaban J connectivity index is 0.000000302. The first-order valence-corrected chi connectivity index (χ1v) is 21.3. The van der Waals surface area contributed by atoms with Crippen LogP contribution in [0.2, 0.25) is 0 Å². The van der Waals surface area contributed by atoms with Crippen molar-refractivity contribution in [2.45, 2.75) is 12.8 Å². The molecule has 0 atom stereocenters. The van der Waals surface area contributed by atoms with Crippen molar-refractivity contribution in [1.82, 2.24) is 10.2 Å². The molecule has 2 aliphatic rings. The second-order valence-electron chi connectivity index (χ2n) is 12.9. The zero-order chi connectivity index (χ0) is 50.8. The van der Waals surface area contributed by atoms with Gasteiger partial charge in [-0.1, -0.05) is 66.8 Å².